The average Bonchev–Trinajstić information content (AvgIpc) is 2.98. The molecule has 3 atom stereocenters. The fourth-order valence-corrected chi connectivity index (χ4v) is 6.75. The van der Waals surface area contributed by atoms with Gasteiger partial charge in [0.15, 0.2) is 0 Å². The number of rotatable bonds is 34. The molecule has 0 aromatic rings. The maximum absolute atomic E-state index is 12.5. The van der Waals surface area contributed by atoms with E-state index in [2.05, 4.69) is 19.2 Å². The van der Waals surface area contributed by atoms with Crippen LogP contribution in [-0.4, -0.2) is 53.1 Å². The van der Waals surface area contributed by atoms with Crippen molar-refractivity contribution in [3.63, 3.8) is 0 Å². The Morgan fingerprint density at radius 3 is 1.14 bits per heavy atom. The molecular weight excluding hydrogens is 574 g/mol. The van der Waals surface area contributed by atoms with E-state index in [-0.39, 0.29) is 0 Å². The van der Waals surface area contributed by atoms with Gasteiger partial charge in [0.1, 0.15) is 6.10 Å². The first kappa shape index (κ1) is 43.3. The van der Waals surface area contributed by atoms with Crippen LogP contribution in [-0.2, 0) is 14.9 Å². The Bertz CT molecular complexity index is 732. The van der Waals surface area contributed by atoms with Crippen LogP contribution in [0.5, 0.6) is 0 Å². The number of carbonyl (C=O) groups excluding carboxylic acids is 1. The van der Waals surface area contributed by atoms with Gasteiger partial charge in [-0.15, -0.1) is 0 Å². The van der Waals surface area contributed by atoms with Crippen LogP contribution in [0.1, 0.15) is 200 Å². The van der Waals surface area contributed by atoms with Crippen LogP contribution >= 0.6 is 0 Å². The van der Waals surface area contributed by atoms with Gasteiger partial charge in [-0.1, -0.05) is 187 Å². The van der Waals surface area contributed by atoms with Gasteiger partial charge in [0.2, 0.25) is 5.91 Å². The molecule has 0 aliphatic carbocycles. The first-order chi connectivity index (χ1) is 21.2. The molecule has 0 fully saturated rings. The van der Waals surface area contributed by atoms with Crippen LogP contribution in [0.4, 0.5) is 0 Å². The van der Waals surface area contributed by atoms with Gasteiger partial charge in [-0.2, -0.15) is 8.42 Å². The summed E-state index contributed by atoms with van der Waals surface area (Å²) in [7, 11) is -4.39. The van der Waals surface area contributed by atoms with Gasteiger partial charge >= 0.3 is 0 Å². The van der Waals surface area contributed by atoms with Gasteiger partial charge in [0, 0.05) is 0 Å². The van der Waals surface area contributed by atoms with Crippen LogP contribution in [0.2, 0.25) is 0 Å². The summed E-state index contributed by atoms with van der Waals surface area (Å²) in [6.45, 7) is 4.46. The lowest BCUT2D eigenvalue weighted by Gasteiger charge is -2.24. The molecule has 264 valence electrons. The Hall–Kier alpha value is -0.700. The fraction of sp³-hybridized carbons (Fsp3) is 0.972. The number of unbranched alkanes of at least 4 members (excludes halogenated alkanes) is 25. The molecule has 0 aromatic carbocycles. The second-order valence-electron chi connectivity index (χ2n) is 13.4. The number of amides is 1. The number of aliphatic hydroxyl groups excluding tert-OH is 2. The molecule has 0 saturated carbocycles. The Morgan fingerprint density at radius 1 is 0.523 bits per heavy atom. The van der Waals surface area contributed by atoms with Crippen LogP contribution in [0.15, 0.2) is 0 Å². The number of aliphatic hydroxyl groups is 2. The third kappa shape index (κ3) is 30.0. The first-order valence-electron chi connectivity index (χ1n) is 18.8. The largest absolute Gasteiger partial charge is 0.391 e. The Labute approximate surface area is 272 Å². The van der Waals surface area contributed by atoms with Crippen LogP contribution in [0, 0.1) is 0 Å². The molecule has 4 N–H and O–H groups in total. The van der Waals surface area contributed by atoms with E-state index in [1.165, 1.54) is 128 Å². The maximum Gasteiger partial charge on any atom is 0.266 e. The minimum Gasteiger partial charge on any atom is -0.391 e. The third-order valence-electron chi connectivity index (χ3n) is 8.92. The number of hydrogen-bond donors (Lipinski definition) is 4. The summed E-state index contributed by atoms with van der Waals surface area (Å²) >= 11 is 0. The zero-order valence-corrected chi connectivity index (χ0v) is 29.7. The summed E-state index contributed by atoms with van der Waals surface area (Å²) in [5.74, 6) is -1.45. The molecule has 0 radical (unpaired) electrons. The van der Waals surface area contributed by atoms with Gasteiger partial charge in [0.05, 0.1) is 17.9 Å². The van der Waals surface area contributed by atoms with Crippen molar-refractivity contribution in [3.05, 3.63) is 0 Å². The lowest BCUT2D eigenvalue weighted by atomic mass is 10.0. The summed E-state index contributed by atoms with van der Waals surface area (Å²) in [5.41, 5.74) is 0. The molecule has 1 amide bonds. The van der Waals surface area contributed by atoms with Crippen molar-refractivity contribution in [1.29, 1.82) is 0 Å². The number of nitrogens with one attached hydrogen (secondary N) is 1. The molecule has 0 aliphatic heterocycles. The Kier molecular flexibility index (Phi) is 30.4. The van der Waals surface area contributed by atoms with E-state index < -0.39 is 40.0 Å². The number of hydrogen-bond acceptors (Lipinski definition) is 5. The smallest absolute Gasteiger partial charge is 0.266 e. The molecule has 0 aliphatic rings. The highest BCUT2D eigenvalue weighted by molar-refractivity contribution is 7.85. The minimum atomic E-state index is -4.39. The van der Waals surface area contributed by atoms with E-state index in [1.54, 1.807) is 0 Å². The van der Waals surface area contributed by atoms with Crippen molar-refractivity contribution in [2.24, 2.45) is 0 Å². The van der Waals surface area contributed by atoms with E-state index in [1.807, 2.05) is 0 Å². The zero-order valence-electron chi connectivity index (χ0n) is 28.9. The van der Waals surface area contributed by atoms with Gasteiger partial charge in [-0.05, 0) is 12.8 Å². The highest BCUT2D eigenvalue weighted by Crippen LogP contribution is 2.16. The molecule has 0 spiro atoms. The van der Waals surface area contributed by atoms with Crippen molar-refractivity contribution in [2.45, 2.75) is 218 Å². The van der Waals surface area contributed by atoms with E-state index in [0.717, 1.165) is 38.5 Å². The van der Waals surface area contributed by atoms with Crippen LogP contribution in [0.25, 0.3) is 0 Å². The lowest BCUT2D eigenvalue weighted by molar-refractivity contribution is -0.131. The highest BCUT2D eigenvalue weighted by atomic mass is 32.2. The zero-order chi connectivity index (χ0) is 32.7. The topological polar surface area (TPSA) is 124 Å². The van der Waals surface area contributed by atoms with Crippen molar-refractivity contribution in [1.82, 2.24) is 5.32 Å². The predicted molar refractivity (Wildman–Crippen MR) is 186 cm³/mol. The molecule has 8 heteroatoms. The third-order valence-corrected chi connectivity index (χ3v) is 9.70. The molecule has 0 bridgehead atoms. The summed E-state index contributed by atoms with van der Waals surface area (Å²) in [4.78, 5) is 12.5. The van der Waals surface area contributed by atoms with Crippen molar-refractivity contribution in [2.75, 3.05) is 5.75 Å². The quantitative estimate of drug-likeness (QED) is 0.0407. The standard InChI is InChI=1S/C36H73NO6S/c1-3-5-7-9-11-13-14-15-16-17-18-19-20-21-22-23-25-27-29-31-35(39)36(40)37-33(32-44(41,42)43)34(38)30-28-26-24-12-10-8-6-4-2/h33-35,38-39H,3-32H2,1-2H3,(H,37,40)(H,41,42,43). The van der Waals surface area contributed by atoms with Crippen molar-refractivity contribution < 1.29 is 28.0 Å². The molecule has 0 saturated heterocycles. The Balaban J connectivity index is 3.88. The van der Waals surface area contributed by atoms with Gasteiger partial charge in [-0.25, -0.2) is 0 Å². The van der Waals surface area contributed by atoms with Crippen molar-refractivity contribution >= 4 is 16.0 Å². The molecule has 0 rings (SSSR count). The average molecular weight is 648 g/mol. The molecule has 0 heterocycles. The molecule has 0 aromatic heterocycles. The lowest BCUT2D eigenvalue weighted by Crippen LogP contribution is -2.50. The molecule has 7 nitrogen and oxygen atoms in total. The monoisotopic (exact) mass is 648 g/mol. The first-order valence-corrected chi connectivity index (χ1v) is 20.4. The van der Waals surface area contributed by atoms with Crippen LogP contribution < -0.4 is 5.32 Å². The fourth-order valence-electron chi connectivity index (χ4n) is 5.99. The normalized spacial score (nSPS) is 14.0. The summed E-state index contributed by atoms with van der Waals surface area (Å²) in [6.07, 6.45) is 31.4. The molecular formula is C36H73NO6S. The van der Waals surface area contributed by atoms with Crippen LogP contribution in [0.3, 0.4) is 0 Å². The minimum absolute atomic E-state index is 0.303. The highest BCUT2D eigenvalue weighted by Gasteiger charge is 2.28. The second-order valence-corrected chi connectivity index (χ2v) is 14.9. The Morgan fingerprint density at radius 2 is 0.818 bits per heavy atom. The van der Waals surface area contributed by atoms with E-state index in [4.69, 9.17) is 0 Å². The van der Waals surface area contributed by atoms with E-state index in [0.29, 0.717) is 19.3 Å². The van der Waals surface area contributed by atoms with Gasteiger partial charge in [-0.3, -0.25) is 9.35 Å². The number of carbonyl (C=O) groups is 1. The maximum atomic E-state index is 12.5. The van der Waals surface area contributed by atoms with Gasteiger partial charge in [0.25, 0.3) is 10.1 Å². The molecule has 44 heavy (non-hydrogen) atoms. The summed E-state index contributed by atoms with van der Waals surface area (Å²) in [6, 6.07) is -1.14. The SMILES string of the molecule is CCCCCCCCCCCCCCCCCCCCCC(O)C(=O)NC(CS(=O)(=O)O)C(O)CCCCCCCCCC. The predicted octanol–water partition coefficient (Wildman–Crippen LogP) is 9.43. The van der Waals surface area contributed by atoms with E-state index in [9.17, 15) is 28.0 Å². The molecule has 3 unspecified atom stereocenters. The van der Waals surface area contributed by atoms with Gasteiger partial charge < -0.3 is 15.5 Å². The summed E-state index contributed by atoms with van der Waals surface area (Å²) < 4.78 is 32.3. The van der Waals surface area contributed by atoms with E-state index >= 15 is 0 Å². The summed E-state index contributed by atoms with van der Waals surface area (Å²) in [5, 5.41) is 23.3. The van der Waals surface area contributed by atoms with Crippen molar-refractivity contribution in [3.8, 4) is 0 Å². The second kappa shape index (κ2) is 30.9.